The van der Waals surface area contributed by atoms with Gasteiger partial charge in [0.15, 0.2) is 0 Å². The summed E-state index contributed by atoms with van der Waals surface area (Å²) in [6, 6.07) is 5.26. The number of nitrogens with zero attached hydrogens (tertiary/aromatic N) is 2. The number of amides is 2. The average Bonchev–Trinajstić information content (AvgIpc) is 3.18. The number of aliphatic imine (C=N–C) groups is 1. The number of hydrogen-bond donors (Lipinski definition) is 1. The summed E-state index contributed by atoms with van der Waals surface area (Å²) in [5, 5.41) is 2.10. The van der Waals surface area contributed by atoms with Gasteiger partial charge >= 0.3 is 11.8 Å². The predicted molar refractivity (Wildman–Crippen MR) is 91.5 cm³/mol. The van der Waals surface area contributed by atoms with E-state index in [9.17, 15) is 22.8 Å². The minimum absolute atomic E-state index is 0.0389. The lowest BCUT2D eigenvalue weighted by Crippen LogP contribution is -2.63. The Balaban J connectivity index is 1.88. The first-order valence-corrected chi connectivity index (χ1v) is 8.67. The number of alkyl halides is 3. The Morgan fingerprint density at radius 3 is 2.63 bits per heavy atom. The van der Waals surface area contributed by atoms with Crippen LogP contribution in [0.5, 0.6) is 0 Å². The third kappa shape index (κ3) is 3.66. The summed E-state index contributed by atoms with van der Waals surface area (Å²) < 4.78 is 46.9. The summed E-state index contributed by atoms with van der Waals surface area (Å²) in [6.07, 6.45) is -4.04. The second kappa shape index (κ2) is 7.12. The lowest BCUT2D eigenvalue weighted by atomic mass is 10.1. The van der Waals surface area contributed by atoms with Crippen molar-refractivity contribution in [3.8, 4) is 0 Å². The van der Waals surface area contributed by atoms with Crippen LogP contribution >= 0.6 is 11.6 Å². The third-order valence-corrected chi connectivity index (χ3v) is 4.75. The molecule has 0 bridgehead atoms. The fraction of sp³-hybridized carbons (Fsp3) is 0.471. The molecule has 0 saturated carbocycles. The zero-order valence-electron chi connectivity index (χ0n) is 14.3. The fourth-order valence-electron chi connectivity index (χ4n) is 3.07. The van der Waals surface area contributed by atoms with Crippen LogP contribution in [0, 0.1) is 0 Å². The van der Waals surface area contributed by atoms with Crippen molar-refractivity contribution in [2.45, 2.75) is 37.7 Å². The molecule has 1 aromatic rings. The zero-order valence-corrected chi connectivity index (χ0v) is 15.1. The molecule has 146 valence electrons. The summed E-state index contributed by atoms with van der Waals surface area (Å²) in [5.74, 6) is -2.54. The van der Waals surface area contributed by atoms with E-state index in [2.05, 4.69) is 4.99 Å². The lowest BCUT2D eigenvalue weighted by Gasteiger charge is -2.29. The van der Waals surface area contributed by atoms with E-state index in [4.69, 9.17) is 16.3 Å². The van der Waals surface area contributed by atoms with Gasteiger partial charge in [-0.25, -0.2) is 4.99 Å². The van der Waals surface area contributed by atoms with Gasteiger partial charge in [-0.05, 0) is 44.0 Å². The molecule has 2 heterocycles. The smallest absolute Gasteiger partial charge is 0.376 e. The van der Waals surface area contributed by atoms with Gasteiger partial charge in [-0.3, -0.25) is 14.5 Å². The SMILES string of the molecule is CC1=NC(NC(=O)c2ccc(Cl)cc2)(C(F)(F)F)C(=O)N1CC1CCCO1. The molecule has 0 spiro atoms. The summed E-state index contributed by atoms with van der Waals surface area (Å²) in [7, 11) is 0. The molecular formula is C17H17ClF3N3O3. The number of carbonyl (C=O) groups excluding carboxylic acids is 2. The number of halogens is 4. The number of carbonyl (C=O) groups is 2. The number of ether oxygens (including phenoxy) is 1. The van der Waals surface area contributed by atoms with E-state index in [-0.39, 0.29) is 24.0 Å². The first kappa shape index (κ1) is 19.6. The molecule has 27 heavy (non-hydrogen) atoms. The summed E-state index contributed by atoms with van der Waals surface area (Å²) in [5.41, 5.74) is -3.42. The normalized spacial score (nSPS) is 25.7. The molecule has 2 unspecified atom stereocenters. The Morgan fingerprint density at radius 1 is 1.41 bits per heavy atom. The van der Waals surface area contributed by atoms with Gasteiger partial charge in [0.2, 0.25) is 0 Å². The van der Waals surface area contributed by atoms with Crippen molar-refractivity contribution >= 4 is 29.3 Å². The molecule has 2 aliphatic heterocycles. The fourth-order valence-corrected chi connectivity index (χ4v) is 3.20. The first-order chi connectivity index (χ1) is 12.6. The van der Waals surface area contributed by atoms with Gasteiger partial charge in [-0.2, -0.15) is 13.2 Å². The quantitative estimate of drug-likeness (QED) is 0.840. The maximum atomic E-state index is 13.8. The zero-order chi connectivity index (χ0) is 19.8. The molecule has 1 fully saturated rings. The van der Waals surface area contributed by atoms with Gasteiger partial charge in [-0.15, -0.1) is 0 Å². The Kier molecular flexibility index (Phi) is 5.18. The maximum absolute atomic E-state index is 13.8. The largest absolute Gasteiger partial charge is 0.442 e. The van der Waals surface area contributed by atoms with Crippen molar-refractivity contribution in [3.63, 3.8) is 0 Å². The highest BCUT2D eigenvalue weighted by Crippen LogP contribution is 2.38. The molecule has 1 aromatic carbocycles. The first-order valence-electron chi connectivity index (χ1n) is 8.29. The van der Waals surface area contributed by atoms with E-state index in [0.717, 1.165) is 11.3 Å². The highest BCUT2D eigenvalue weighted by Gasteiger charge is 2.66. The Hall–Kier alpha value is -2.13. The van der Waals surface area contributed by atoms with Crippen molar-refractivity contribution in [2.75, 3.05) is 13.2 Å². The summed E-state index contributed by atoms with van der Waals surface area (Å²) >= 11 is 5.72. The molecular weight excluding hydrogens is 387 g/mol. The second-order valence-electron chi connectivity index (χ2n) is 6.38. The Bertz CT molecular complexity index is 776. The molecule has 2 aliphatic rings. The molecule has 2 atom stereocenters. The van der Waals surface area contributed by atoms with Crippen LogP contribution in [0.3, 0.4) is 0 Å². The number of benzene rings is 1. The minimum Gasteiger partial charge on any atom is -0.376 e. The van der Waals surface area contributed by atoms with Gasteiger partial charge in [-0.1, -0.05) is 11.6 Å². The molecule has 2 amide bonds. The van der Waals surface area contributed by atoms with Crippen molar-refractivity contribution < 1.29 is 27.5 Å². The van der Waals surface area contributed by atoms with Gasteiger partial charge in [0.05, 0.1) is 12.6 Å². The Morgan fingerprint density at radius 2 is 2.07 bits per heavy atom. The van der Waals surface area contributed by atoms with Gasteiger partial charge < -0.3 is 10.1 Å². The number of nitrogens with one attached hydrogen (secondary N) is 1. The van der Waals surface area contributed by atoms with Crippen LogP contribution in [0.15, 0.2) is 29.3 Å². The van der Waals surface area contributed by atoms with Crippen LogP contribution in [0.1, 0.15) is 30.1 Å². The van der Waals surface area contributed by atoms with E-state index >= 15 is 0 Å². The van der Waals surface area contributed by atoms with Crippen LogP contribution in [-0.2, 0) is 9.53 Å². The van der Waals surface area contributed by atoms with E-state index in [0.29, 0.717) is 18.1 Å². The second-order valence-corrected chi connectivity index (χ2v) is 6.82. The molecule has 1 saturated heterocycles. The van der Waals surface area contributed by atoms with Crippen LogP contribution in [0.25, 0.3) is 0 Å². The molecule has 6 nitrogen and oxygen atoms in total. The molecule has 1 N–H and O–H groups in total. The number of hydrogen-bond acceptors (Lipinski definition) is 4. The lowest BCUT2D eigenvalue weighted by molar-refractivity contribution is -0.196. The highest BCUT2D eigenvalue weighted by molar-refractivity contribution is 6.30. The predicted octanol–water partition coefficient (Wildman–Crippen LogP) is 2.77. The molecule has 3 rings (SSSR count). The number of rotatable bonds is 4. The van der Waals surface area contributed by atoms with Crippen molar-refractivity contribution in [2.24, 2.45) is 4.99 Å². The molecule has 0 aliphatic carbocycles. The van der Waals surface area contributed by atoms with Gasteiger partial charge in [0.25, 0.3) is 11.8 Å². The minimum atomic E-state index is -5.11. The average molecular weight is 404 g/mol. The summed E-state index contributed by atoms with van der Waals surface area (Å²) in [6.45, 7) is 1.76. The molecule has 0 aromatic heterocycles. The molecule has 10 heteroatoms. The van der Waals surface area contributed by atoms with Crippen LogP contribution < -0.4 is 5.32 Å². The Labute approximate surface area is 158 Å². The maximum Gasteiger partial charge on any atom is 0.442 e. The van der Waals surface area contributed by atoms with Crippen molar-refractivity contribution in [1.29, 1.82) is 0 Å². The standard InChI is InChI=1S/C17H17ClF3N3O3/c1-10-22-16(17(19,20)21,15(26)24(10)9-13-3-2-8-27-13)23-14(25)11-4-6-12(18)7-5-11/h4-7,13H,2-3,8-9H2,1H3,(H,23,25). The van der Waals surface area contributed by atoms with E-state index in [1.165, 1.54) is 31.2 Å². The number of amidine groups is 1. The van der Waals surface area contributed by atoms with Crippen LogP contribution in [0.2, 0.25) is 5.02 Å². The summed E-state index contributed by atoms with van der Waals surface area (Å²) in [4.78, 5) is 29.5. The van der Waals surface area contributed by atoms with Gasteiger partial charge in [0, 0.05) is 17.2 Å². The highest BCUT2D eigenvalue weighted by atomic mass is 35.5. The third-order valence-electron chi connectivity index (χ3n) is 4.50. The van der Waals surface area contributed by atoms with Crippen LogP contribution in [-0.4, -0.2) is 53.6 Å². The van der Waals surface area contributed by atoms with E-state index < -0.39 is 23.7 Å². The van der Waals surface area contributed by atoms with Gasteiger partial charge in [0.1, 0.15) is 5.84 Å². The van der Waals surface area contributed by atoms with E-state index in [1.807, 2.05) is 0 Å². The van der Waals surface area contributed by atoms with Crippen molar-refractivity contribution in [3.05, 3.63) is 34.9 Å². The van der Waals surface area contributed by atoms with Crippen molar-refractivity contribution in [1.82, 2.24) is 10.2 Å². The topological polar surface area (TPSA) is 71.0 Å². The molecule has 0 radical (unpaired) electrons. The van der Waals surface area contributed by atoms with Crippen LogP contribution in [0.4, 0.5) is 13.2 Å². The monoisotopic (exact) mass is 403 g/mol. The van der Waals surface area contributed by atoms with E-state index in [1.54, 1.807) is 5.32 Å².